The lowest BCUT2D eigenvalue weighted by atomic mass is 10.2. The summed E-state index contributed by atoms with van der Waals surface area (Å²) in [6.07, 6.45) is 0. The van der Waals surface area contributed by atoms with Gasteiger partial charge in [0.05, 0.1) is 16.7 Å². The molecule has 3 rings (SSSR count). The van der Waals surface area contributed by atoms with Crippen molar-refractivity contribution in [1.82, 2.24) is 10.2 Å². The van der Waals surface area contributed by atoms with Gasteiger partial charge in [0.25, 0.3) is 0 Å². The molecule has 8 heteroatoms. The van der Waals surface area contributed by atoms with E-state index in [0.29, 0.717) is 22.6 Å². The Labute approximate surface area is 161 Å². The molecule has 0 aliphatic heterocycles. The van der Waals surface area contributed by atoms with E-state index in [0.717, 1.165) is 16.1 Å². The number of nitrogen functional groups attached to an aromatic ring is 1. The number of carbonyl (C=O) groups excluding carboxylic acids is 1. The Hall–Kier alpha value is -3.06. The molecular formula is C19H22ClN3O4. The molecule has 0 bridgehead atoms. The van der Waals surface area contributed by atoms with Crippen LogP contribution in [0.4, 0.5) is 5.69 Å². The molecular weight excluding hydrogens is 370 g/mol. The van der Waals surface area contributed by atoms with Crippen LogP contribution in [0.25, 0.3) is 11.0 Å². The minimum atomic E-state index is -0.449. The van der Waals surface area contributed by atoms with Gasteiger partial charge in [0.1, 0.15) is 24.7 Å². The van der Waals surface area contributed by atoms with E-state index in [1.165, 1.54) is 0 Å². The molecule has 7 nitrogen and oxygen atoms in total. The summed E-state index contributed by atoms with van der Waals surface area (Å²) < 4.78 is 10.2. The molecule has 3 aromatic rings. The van der Waals surface area contributed by atoms with Gasteiger partial charge in [-0.1, -0.05) is 18.2 Å². The largest absolute Gasteiger partial charge is 0.505 e. The highest BCUT2D eigenvalue weighted by Crippen LogP contribution is 2.31. The molecule has 1 heterocycles. The van der Waals surface area contributed by atoms with Gasteiger partial charge in [0, 0.05) is 16.2 Å². The summed E-state index contributed by atoms with van der Waals surface area (Å²) in [5, 5.41) is 16.2. The van der Waals surface area contributed by atoms with Gasteiger partial charge in [-0.2, -0.15) is 0 Å². The Balaban J connectivity index is 0.000000239. The average Bonchev–Trinajstić information content (AvgIpc) is 2.61. The lowest BCUT2D eigenvalue weighted by Crippen LogP contribution is -2.12. The third-order valence-electron chi connectivity index (χ3n) is 3.65. The number of phenols is 1. The predicted octanol–water partition coefficient (Wildman–Crippen LogP) is 3.93. The number of halogens is 1. The van der Waals surface area contributed by atoms with Crippen LogP contribution in [0.1, 0.15) is 12.5 Å². The Morgan fingerprint density at radius 1 is 1.22 bits per heavy atom. The number of aromatic hydroxyl groups is 1. The van der Waals surface area contributed by atoms with Crippen LogP contribution in [-0.4, -0.2) is 34.5 Å². The van der Waals surface area contributed by atoms with Crippen molar-refractivity contribution in [2.45, 2.75) is 13.8 Å². The van der Waals surface area contributed by atoms with Crippen molar-refractivity contribution in [3.05, 3.63) is 53.1 Å². The van der Waals surface area contributed by atoms with Crippen LogP contribution in [0, 0.1) is 6.92 Å². The number of fused-ring (bicyclic) bond motifs is 1. The lowest BCUT2D eigenvalue weighted by molar-refractivity contribution is -0.139. The molecule has 0 spiro atoms. The van der Waals surface area contributed by atoms with Gasteiger partial charge in [0.15, 0.2) is 0 Å². The maximum absolute atomic E-state index is 11.1. The number of benzene rings is 2. The molecule has 0 saturated carbocycles. The van der Waals surface area contributed by atoms with Crippen LogP contribution in [-0.2, 0) is 9.53 Å². The molecule has 0 aliphatic rings. The fraction of sp³-hybridized carbons (Fsp3) is 0.211. The minimum Gasteiger partial charge on any atom is -0.505 e. The number of rotatable bonds is 5. The monoisotopic (exact) mass is 391 g/mol. The Kier molecular flexibility index (Phi) is 6.79. The summed E-state index contributed by atoms with van der Waals surface area (Å²) in [5.41, 5.74) is 8.92. The van der Waals surface area contributed by atoms with Gasteiger partial charge < -0.3 is 20.3 Å². The molecule has 1 aromatic heterocycles. The molecule has 0 fully saturated rings. The molecule has 5 N–H and O–H groups in total. The van der Waals surface area contributed by atoms with Gasteiger partial charge in [-0.3, -0.25) is 10.2 Å². The summed E-state index contributed by atoms with van der Waals surface area (Å²) in [6, 6.07) is 8.89. The molecule has 27 heavy (non-hydrogen) atoms. The van der Waals surface area contributed by atoms with E-state index in [4.69, 9.17) is 26.8 Å². The van der Waals surface area contributed by atoms with Gasteiger partial charge in [0.2, 0.25) is 0 Å². The summed E-state index contributed by atoms with van der Waals surface area (Å²) in [6.45, 7) is 7.05. The first-order valence-electron chi connectivity index (χ1n) is 8.14. The standard InChI is InChI=1S/C13H17NO4.C6H5ClN2/c1-8(2)13(16)18-7-6-17-11-5-4-10(14)12(15)9(11)3;7-4-1-2-5-6(3-4)9-8-5/h4-5,15H,1,6-7,14H2,2-3H3;1-3,8-9H. The van der Waals surface area contributed by atoms with Crippen LogP contribution < -0.4 is 10.5 Å². The minimum absolute atomic E-state index is 0.00595. The van der Waals surface area contributed by atoms with Crippen molar-refractivity contribution in [1.29, 1.82) is 0 Å². The topological polar surface area (TPSA) is 113 Å². The van der Waals surface area contributed by atoms with E-state index in [1.54, 1.807) is 26.0 Å². The smallest absolute Gasteiger partial charge is 0.333 e. The first-order chi connectivity index (χ1) is 12.8. The summed E-state index contributed by atoms with van der Waals surface area (Å²) in [5.74, 6) is 0.0648. The fourth-order valence-electron chi connectivity index (χ4n) is 2.07. The first-order valence-corrected chi connectivity index (χ1v) is 8.52. The number of hydrogen-bond acceptors (Lipinski definition) is 5. The second-order valence-corrected chi connectivity index (χ2v) is 6.27. The number of aromatic nitrogens is 2. The Bertz CT molecular complexity index is 946. The number of H-pyrrole nitrogens is 2. The number of hydrogen-bond donors (Lipinski definition) is 4. The van der Waals surface area contributed by atoms with Gasteiger partial charge in [-0.05, 0) is 44.2 Å². The maximum Gasteiger partial charge on any atom is 0.333 e. The van der Waals surface area contributed by atoms with Gasteiger partial charge in [-0.15, -0.1) is 0 Å². The van der Waals surface area contributed by atoms with Crippen molar-refractivity contribution >= 4 is 34.3 Å². The number of aromatic amines is 2. The summed E-state index contributed by atoms with van der Waals surface area (Å²) in [4.78, 5) is 11.1. The number of phenolic OH excluding ortho intramolecular Hbond substituents is 1. The van der Waals surface area contributed by atoms with E-state index in [9.17, 15) is 9.90 Å². The number of nitrogens with two attached hydrogens (primary N) is 1. The quantitative estimate of drug-likeness (QED) is 0.173. The number of anilines is 1. The third-order valence-corrected chi connectivity index (χ3v) is 3.88. The lowest BCUT2D eigenvalue weighted by Gasteiger charge is -2.11. The zero-order valence-electron chi connectivity index (χ0n) is 15.1. The van der Waals surface area contributed by atoms with Crippen molar-refractivity contribution in [2.75, 3.05) is 18.9 Å². The highest BCUT2D eigenvalue weighted by molar-refractivity contribution is 6.31. The second-order valence-electron chi connectivity index (χ2n) is 5.83. The zero-order valence-corrected chi connectivity index (χ0v) is 15.9. The van der Waals surface area contributed by atoms with Crippen LogP contribution in [0.5, 0.6) is 11.5 Å². The number of nitrogens with one attached hydrogen (secondary N) is 2. The number of ether oxygens (including phenoxy) is 2. The van der Waals surface area contributed by atoms with Crippen molar-refractivity contribution < 1.29 is 19.4 Å². The van der Waals surface area contributed by atoms with Crippen LogP contribution in [0.2, 0.25) is 5.02 Å². The molecule has 0 unspecified atom stereocenters. The van der Waals surface area contributed by atoms with E-state index in [1.807, 2.05) is 18.2 Å². The zero-order chi connectivity index (χ0) is 20.0. The van der Waals surface area contributed by atoms with E-state index < -0.39 is 5.97 Å². The van der Waals surface area contributed by atoms with Crippen molar-refractivity contribution in [2.24, 2.45) is 0 Å². The second kappa shape index (κ2) is 9.05. The van der Waals surface area contributed by atoms with E-state index in [-0.39, 0.29) is 19.0 Å². The highest BCUT2D eigenvalue weighted by Gasteiger charge is 2.08. The van der Waals surface area contributed by atoms with Crippen molar-refractivity contribution in [3.63, 3.8) is 0 Å². The Morgan fingerprint density at radius 2 is 1.93 bits per heavy atom. The average molecular weight is 392 g/mol. The van der Waals surface area contributed by atoms with Crippen LogP contribution >= 0.6 is 11.6 Å². The highest BCUT2D eigenvalue weighted by atomic mass is 35.5. The predicted molar refractivity (Wildman–Crippen MR) is 106 cm³/mol. The van der Waals surface area contributed by atoms with E-state index in [2.05, 4.69) is 16.8 Å². The molecule has 144 valence electrons. The van der Waals surface area contributed by atoms with Gasteiger partial charge >= 0.3 is 5.97 Å². The first kappa shape index (κ1) is 20.3. The molecule has 0 atom stereocenters. The maximum atomic E-state index is 11.1. The van der Waals surface area contributed by atoms with Crippen LogP contribution in [0.15, 0.2) is 42.5 Å². The molecule has 0 radical (unpaired) electrons. The third kappa shape index (κ3) is 5.46. The molecule has 0 amide bonds. The normalized spacial score (nSPS) is 10.2. The van der Waals surface area contributed by atoms with Gasteiger partial charge in [-0.25, -0.2) is 4.79 Å². The molecule has 0 saturated heterocycles. The fourth-order valence-corrected chi connectivity index (χ4v) is 2.24. The number of carbonyl (C=O) groups is 1. The summed E-state index contributed by atoms with van der Waals surface area (Å²) >= 11 is 5.68. The number of esters is 1. The van der Waals surface area contributed by atoms with E-state index >= 15 is 0 Å². The summed E-state index contributed by atoms with van der Waals surface area (Å²) in [7, 11) is 0. The SMILES string of the molecule is C=C(C)C(=O)OCCOc1ccc(N)c(O)c1C.Clc1ccc2[nH][nH]c2c1. The van der Waals surface area contributed by atoms with Crippen LogP contribution in [0.3, 0.4) is 0 Å². The molecule has 2 aromatic carbocycles. The van der Waals surface area contributed by atoms with Crippen molar-refractivity contribution in [3.8, 4) is 11.5 Å². The molecule has 0 aliphatic carbocycles. The Morgan fingerprint density at radius 3 is 2.48 bits per heavy atom.